The van der Waals surface area contributed by atoms with Gasteiger partial charge in [-0.2, -0.15) is 8.42 Å². The van der Waals surface area contributed by atoms with E-state index in [1.54, 1.807) is 0 Å². The topological polar surface area (TPSA) is 74.6 Å². The number of rotatable bonds is 15. The van der Waals surface area contributed by atoms with Crippen LogP contribution >= 0.6 is 0 Å². The highest BCUT2D eigenvalue weighted by molar-refractivity contribution is 7.86. The molecule has 2 N–H and O–H groups in total. The van der Waals surface area contributed by atoms with Crippen molar-refractivity contribution < 1.29 is 18.1 Å². The SMILES string of the molecule is CCCCCCCC(CCCCCC(O)CCC)S(=O)(=O)O. The fraction of sp³-hybridized carbons (Fsp3) is 1.00. The molecule has 4 nitrogen and oxygen atoms in total. The largest absolute Gasteiger partial charge is 0.393 e. The lowest BCUT2D eigenvalue weighted by Gasteiger charge is -2.14. The molecule has 0 heterocycles. The summed E-state index contributed by atoms with van der Waals surface area (Å²) in [6, 6.07) is 0. The molecule has 0 aromatic carbocycles. The summed E-state index contributed by atoms with van der Waals surface area (Å²) >= 11 is 0. The molecule has 0 amide bonds. The molecule has 2 atom stereocenters. The lowest BCUT2D eigenvalue weighted by molar-refractivity contribution is 0.150. The summed E-state index contributed by atoms with van der Waals surface area (Å²) in [5, 5.41) is 9.04. The highest BCUT2D eigenvalue weighted by Gasteiger charge is 2.21. The summed E-state index contributed by atoms with van der Waals surface area (Å²) < 4.78 is 32.2. The molecule has 0 rings (SSSR count). The third-order valence-corrected chi connectivity index (χ3v) is 5.55. The van der Waals surface area contributed by atoms with Crippen LogP contribution in [0.15, 0.2) is 0 Å². The third-order valence-electron chi connectivity index (χ3n) is 4.24. The summed E-state index contributed by atoms with van der Waals surface area (Å²) in [6.45, 7) is 4.21. The monoisotopic (exact) mass is 336 g/mol. The fourth-order valence-electron chi connectivity index (χ4n) is 2.82. The molecule has 22 heavy (non-hydrogen) atoms. The van der Waals surface area contributed by atoms with Crippen molar-refractivity contribution in [2.24, 2.45) is 0 Å². The van der Waals surface area contributed by atoms with Crippen LogP contribution in [0.3, 0.4) is 0 Å². The van der Waals surface area contributed by atoms with Crippen LogP contribution in [-0.2, 0) is 10.1 Å². The molecule has 0 bridgehead atoms. The van der Waals surface area contributed by atoms with Crippen LogP contribution in [0.4, 0.5) is 0 Å². The first kappa shape index (κ1) is 21.9. The Morgan fingerprint density at radius 1 is 0.727 bits per heavy atom. The minimum absolute atomic E-state index is 0.221. The van der Waals surface area contributed by atoms with Crippen molar-refractivity contribution >= 4 is 10.1 Å². The number of aliphatic hydroxyl groups is 1. The molecule has 0 aliphatic rings. The quantitative estimate of drug-likeness (QED) is 0.335. The van der Waals surface area contributed by atoms with Crippen LogP contribution in [0, 0.1) is 0 Å². The zero-order valence-electron chi connectivity index (χ0n) is 14.5. The van der Waals surface area contributed by atoms with Gasteiger partial charge in [0, 0.05) is 0 Å². The fourth-order valence-corrected chi connectivity index (χ4v) is 3.75. The number of hydrogen-bond acceptors (Lipinski definition) is 3. The van der Waals surface area contributed by atoms with Gasteiger partial charge in [0.1, 0.15) is 0 Å². The average Bonchev–Trinajstić information content (AvgIpc) is 2.43. The Labute approximate surface area is 137 Å². The normalized spacial score (nSPS) is 14.9. The van der Waals surface area contributed by atoms with E-state index < -0.39 is 15.4 Å². The summed E-state index contributed by atoms with van der Waals surface area (Å²) in [5.41, 5.74) is 0. The van der Waals surface area contributed by atoms with E-state index in [-0.39, 0.29) is 6.10 Å². The van der Waals surface area contributed by atoms with Crippen molar-refractivity contribution in [1.29, 1.82) is 0 Å². The maximum Gasteiger partial charge on any atom is 0.267 e. The molecule has 2 unspecified atom stereocenters. The first-order valence-corrected chi connectivity index (χ1v) is 10.6. The molecular formula is C17H36O4S. The summed E-state index contributed by atoms with van der Waals surface area (Å²) in [7, 11) is -3.92. The van der Waals surface area contributed by atoms with Crippen LogP contribution in [-0.4, -0.2) is 29.4 Å². The molecule has 0 aliphatic carbocycles. The van der Waals surface area contributed by atoms with E-state index in [1.807, 2.05) is 0 Å². The van der Waals surface area contributed by atoms with Crippen molar-refractivity contribution in [3.05, 3.63) is 0 Å². The first-order valence-electron chi connectivity index (χ1n) is 9.06. The van der Waals surface area contributed by atoms with Gasteiger partial charge in [-0.3, -0.25) is 4.55 Å². The van der Waals surface area contributed by atoms with Gasteiger partial charge in [-0.1, -0.05) is 71.6 Å². The van der Waals surface area contributed by atoms with Gasteiger partial charge in [0.05, 0.1) is 11.4 Å². The van der Waals surface area contributed by atoms with E-state index in [4.69, 9.17) is 0 Å². The second-order valence-electron chi connectivity index (χ2n) is 6.42. The van der Waals surface area contributed by atoms with Gasteiger partial charge in [-0.25, -0.2) is 0 Å². The zero-order valence-corrected chi connectivity index (χ0v) is 15.3. The van der Waals surface area contributed by atoms with Crippen LogP contribution in [0.1, 0.15) is 97.3 Å². The lowest BCUT2D eigenvalue weighted by Crippen LogP contribution is -2.20. The second kappa shape index (κ2) is 13.3. The van der Waals surface area contributed by atoms with Gasteiger partial charge in [0.15, 0.2) is 0 Å². The van der Waals surface area contributed by atoms with Gasteiger partial charge in [0.25, 0.3) is 10.1 Å². The van der Waals surface area contributed by atoms with E-state index in [1.165, 1.54) is 12.8 Å². The Balaban J connectivity index is 3.87. The maximum atomic E-state index is 11.4. The summed E-state index contributed by atoms with van der Waals surface area (Å²) in [6.07, 6.45) is 11.6. The van der Waals surface area contributed by atoms with Crippen molar-refractivity contribution in [2.75, 3.05) is 0 Å². The molecule has 0 spiro atoms. The van der Waals surface area contributed by atoms with E-state index in [0.29, 0.717) is 12.8 Å². The first-order chi connectivity index (χ1) is 10.4. The molecule has 5 heteroatoms. The molecule has 0 aromatic rings. The molecule has 0 aliphatic heterocycles. The lowest BCUT2D eigenvalue weighted by atomic mass is 10.0. The smallest absolute Gasteiger partial charge is 0.267 e. The average molecular weight is 337 g/mol. The van der Waals surface area contributed by atoms with E-state index >= 15 is 0 Å². The van der Waals surface area contributed by atoms with Crippen LogP contribution in [0.2, 0.25) is 0 Å². The highest BCUT2D eigenvalue weighted by Crippen LogP contribution is 2.19. The standard InChI is InChI=1S/C17H36O4S/c1-3-5-6-7-10-14-17(22(19,20)21)15-11-8-9-13-16(18)12-4-2/h16-18H,3-15H2,1-2H3,(H,19,20,21). The van der Waals surface area contributed by atoms with Gasteiger partial charge in [-0.15, -0.1) is 0 Å². The predicted octanol–water partition coefficient (Wildman–Crippen LogP) is 4.71. The highest BCUT2D eigenvalue weighted by atomic mass is 32.2. The van der Waals surface area contributed by atoms with Gasteiger partial charge in [-0.05, 0) is 25.7 Å². The van der Waals surface area contributed by atoms with Crippen molar-refractivity contribution in [3.8, 4) is 0 Å². The van der Waals surface area contributed by atoms with Gasteiger partial charge >= 0.3 is 0 Å². The van der Waals surface area contributed by atoms with Gasteiger partial charge in [0.2, 0.25) is 0 Å². The zero-order chi connectivity index (χ0) is 16.8. The van der Waals surface area contributed by atoms with Crippen LogP contribution in [0.25, 0.3) is 0 Å². The molecule has 0 radical (unpaired) electrons. The Morgan fingerprint density at radius 3 is 1.73 bits per heavy atom. The Morgan fingerprint density at radius 2 is 1.23 bits per heavy atom. The minimum Gasteiger partial charge on any atom is -0.393 e. The van der Waals surface area contributed by atoms with Crippen molar-refractivity contribution in [2.45, 2.75) is 109 Å². The molecule has 0 saturated heterocycles. The second-order valence-corrected chi connectivity index (χ2v) is 8.12. The Hall–Kier alpha value is -0.130. The van der Waals surface area contributed by atoms with Crippen LogP contribution < -0.4 is 0 Å². The van der Waals surface area contributed by atoms with E-state index in [2.05, 4.69) is 13.8 Å². The summed E-state index contributed by atoms with van der Waals surface area (Å²) in [4.78, 5) is 0. The van der Waals surface area contributed by atoms with Gasteiger partial charge < -0.3 is 5.11 Å². The van der Waals surface area contributed by atoms with E-state index in [9.17, 15) is 18.1 Å². The van der Waals surface area contributed by atoms with Crippen LogP contribution in [0.5, 0.6) is 0 Å². The summed E-state index contributed by atoms with van der Waals surface area (Å²) in [5.74, 6) is 0. The molecule has 134 valence electrons. The molecule has 0 aromatic heterocycles. The Bertz CT molecular complexity index is 341. The molecule has 0 saturated carbocycles. The predicted molar refractivity (Wildman–Crippen MR) is 92.7 cm³/mol. The molecular weight excluding hydrogens is 300 g/mol. The number of unbranched alkanes of at least 4 members (excludes halogenated alkanes) is 6. The maximum absolute atomic E-state index is 11.4. The van der Waals surface area contributed by atoms with Crippen molar-refractivity contribution in [3.63, 3.8) is 0 Å². The minimum atomic E-state index is -3.92. The number of hydrogen-bond donors (Lipinski definition) is 2. The third kappa shape index (κ3) is 12.4. The number of aliphatic hydroxyl groups excluding tert-OH is 1. The Kier molecular flexibility index (Phi) is 13.2. The molecule has 0 fully saturated rings. The van der Waals surface area contributed by atoms with E-state index in [0.717, 1.165) is 57.8 Å². The van der Waals surface area contributed by atoms with Crippen molar-refractivity contribution in [1.82, 2.24) is 0 Å².